The third-order valence-corrected chi connectivity index (χ3v) is 9.08. The lowest BCUT2D eigenvalue weighted by atomic mass is 9.64. The summed E-state index contributed by atoms with van der Waals surface area (Å²) in [5, 5.41) is 3.83. The number of nitrogens with zero attached hydrogens (tertiary/aromatic N) is 1. The monoisotopic (exact) mass is 436 g/mol. The maximum absolute atomic E-state index is 11.6. The molecule has 4 rings (SSSR count). The number of fused-ring (bicyclic) bond motifs is 5. The summed E-state index contributed by atoms with van der Waals surface area (Å²) in [7, 11) is 0. The van der Waals surface area contributed by atoms with Crippen LogP contribution in [0.5, 0.6) is 0 Å². The van der Waals surface area contributed by atoms with Gasteiger partial charge in [-0.1, -0.05) is 57.0 Å². The number of nitrogens with one attached hydrogen (secondary N) is 1. The fourth-order valence-electron chi connectivity index (χ4n) is 7.13. The molecule has 3 aliphatic rings. The third kappa shape index (κ3) is 3.88. The van der Waals surface area contributed by atoms with Crippen LogP contribution in [-0.4, -0.2) is 36.2 Å². The van der Waals surface area contributed by atoms with Crippen LogP contribution in [0.15, 0.2) is 30.3 Å². The molecule has 32 heavy (non-hydrogen) atoms. The Morgan fingerprint density at radius 2 is 2.03 bits per heavy atom. The van der Waals surface area contributed by atoms with E-state index in [1.54, 1.807) is 0 Å². The molecule has 1 saturated heterocycles. The molecule has 0 spiro atoms. The van der Waals surface area contributed by atoms with Gasteiger partial charge in [-0.3, -0.25) is 9.69 Å². The smallest absolute Gasteiger partial charge is 0.305 e. The van der Waals surface area contributed by atoms with Crippen molar-refractivity contribution in [3.63, 3.8) is 0 Å². The average Bonchev–Trinajstić information content (AvgIpc) is 3.11. The summed E-state index contributed by atoms with van der Waals surface area (Å²) >= 11 is 0. The van der Waals surface area contributed by atoms with Gasteiger partial charge >= 0.3 is 5.97 Å². The van der Waals surface area contributed by atoms with Gasteiger partial charge in [0.2, 0.25) is 0 Å². The highest BCUT2D eigenvalue weighted by atomic mass is 16.5. The molecule has 2 bridgehead atoms. The van der Waals surface area contributed by atoms with Crippen molar-refractivity contribution in [3.8, 4) is 11.8 Å². The predicted octanol–water partition coefficient (Wildman–Crippen LogP) is 5.16. The summed E-state index contributed by atoms with van der Waals surface area (Å²) in [6.07, 6.45) is 4.58. The lowest BCUT2D eigenvalue weighted by molar-refractivity contribution is -0.143. The maximum Gasteiger partial charge on any atom is 0.305 e. The van der Waals surface area contributed by atoms with Crippen LogP contribution in [0.25, 0.3) is 0 Å². The number of carbonyl (C=O) groups excluding carboxylic acids is 1. The fourth-order valence-corrected chi connectivity index (χ4v) is 7.13. The molecule has 1 aromatic carbocycles. The fraction of sp³-hybridized carbons (Fsp3) is 0.679. The second-order valence-electron chi connectivity index (χ2n) is 10.8. The van der Waals surface area contributed by atoms with Gasteiger partial charge in [0.05, 0.1) is 19.3 Å². The molecule has 174 valence electrons. The van der Waals surface area contributed by atoms with E-state index in [2.05, 4.69) is 80.1 Å². The molecule has 1 N–H and O–H groups in total. The van der Waals surface area contributed by atoms with Gasteiger partial charge < -0.3 is 10.1 Å². The topological polar surface area (TPSA) is 41.6 Å². The highest BCUT2D eigenvalue weighted by Gasteiger charge is 2.69. The van der Waals surface area contributed by atoms with E-state index in [4.69, 9.17) is 4.74 Å². The van der Waals surface area contributed by atoms with E-state index in [1.165, 1.54) is 18.4 Å². The van der Waals surface area contributed by atoms with Crippen LogP contribution in [0.1, 0.15) is 78.3 Å². The molecule has 1 heterocycles. The van der Waals surface area contributed by atoms with Gasteiger partial charge in [0.15, 0.2) is 0 Å². The maximum atomic E-state index is 11.6. The molecule has 4 nitrogen and oxygen atoms in total. The summed E-state index contributed by atoms with van der Waals surface area (Å²) in [6, 6.07) is 11.9. The van der Waals surface area contributed by atoms with E-state index in [0.29, 0.717) is 47.8 Å². The number of rotatable bonds is 6. The molecule has 2 saturated carbocycles. The predicted molar refractivity (Wildman–Crippen MR) is 129 cm³/mol. The van der Waals surface area contributed by atoms with Gasteiger partial charge in [-0.25, -0.2) is 0 Å². The van der Waals surface area contributed by atoms with Crippen LogP contribution in [0.2, 0.25) is 0 Å². The molecule has 1 aliphatic heterocycles. The lowest BCUT2D eigenvalue weighted by Crippen LogP contribution is -2.62. The largest absolute Gasteiger partial charge is 0.466 e. The van der Waals surface area contributed by atoms with Crippen molar-refractivity contribution < 1.29 is 9.53 Å². The molecule has 1 aromatic rings. The van der Waals surface area contributed by atoms with E-state index in [0.717, 1.165) is 19.5 Å². The van der Waals surface area contributed by atoms with Gasteiger partial charge in [0.1, 0.15) is 0 Å². The van der Waals surface area contributed by atoms with Crippen molar-refractivity contribution in [2.24, 2.45) is 22.7 Å². The minimum atomic E-state index is -0.122. The van der Waals surface area contributed by atoms with Crippen LogP contribution >= 0.6 is 0 Å². The third-order valence-electron chi connectivity index (χ3n) is 9.08. The molecule has 0 amide bonds. The first-order chi connectivity index (χ1) is 15.3. The zero-order valence-corrected chi connectivity index (χ0v) is 20.5. The Labute approximate surface area is 194 Å². The first kappa shape index (κ1) is 23.3. The Hall–Kier alpha value is -1.83. The van der Waals surface area contributed by atoms with Crippen molar-refractivity contribution in [2.75, 3.05) is 13.3 Å². The SMILES string of the molecule is CCOC(=O)CCCC#C[C@H](c1ccccc1)N1CNC(C)[C@@H]2[C@H]1[C@H]1CC[C@]2(C)C1(C)C. The molecule has 0 radical (unpaired) electrons. The average molecular weight is 437 g/mol. The van der Waals surface area contributed by atoms with E-state index in [9.17, 15) is 4.79 Å². The first-order valence-corrected chi connectivity index (χ1v) is 12.5. The summed E-state index contributed by atoms with van der Waals surface area (Å²) in [5.41, 5.74) is 1.97. The minimum absolute atomic E-state index is 0.0741. The molecule has 2 aliphatic carbocycles. The van der Waals surface area contributed by atoms with Gasteiger partial charge in [0.25, 0.3) is 0 Å². The quantitative estimate of drug-likeness (QED) is 0.380. The van der Waals surface area contributed by atoms with Crippen molar-refractivity contribution in [1.82, 2.24) is 10.2 Å². The van der Waals surface area contributed by atoms with E-state index < -0.39 is 0 Å². The second kappa shape index (κ2) is 9.20. The Bertz CT molecular complexity index is 870. The summed E-state index contributed by atoms with van der Waals surface area (Å²) < 4.78 is 5.05. The summed E-state index contributed by atoms with van der Waals surface area (Å²) in [6.45, 7) is 13.1. The second-order valence-corrected chi connectivity index (χ2v) is 10.8. The number of hydrogen-bond donors (Lipinski definition) is 1. The van der Waals surface area contributed by atoms with E-state index >= 15 is 0 Å². The van der Waals surface area contributed by atoms with Crippen molar-refractivity contribution >= 4 is 5.97 Å². The molecular formula is C28H40N2O2. The first-order valence-electron chi connectivity index (χ1n) is 12.5. The molecule has 3 fully saturated rings. The Morgan fingerprint density at radius 1 is 1.28 bits per heavy atom. The number of ether oxygens (including phenoxy) is 1. The van der Waals surface area contributed by atoms with Crippen LogP contribution in [0, 0.1) is 34.5 Å². The Balaban J connectivity index is 1.59. The summed E-state index contributed by atoms with van der Waals surface area (Å²) in [5.74, 6) is 8.27. The number of esters is 1. The van der Waals surface area contributed by atoms with E-state index in [-0.39, 0.29) is 12.0 Å². The van der Waals surface area contributed by atoms with Crippen LogP contribution in [0.4, 0.5) is 0 Å². The van der Waals surface area contributed by atoms with Gasteiger partial charge in [-0.15, -0.1) is 5.92 Å². The summed E-state index contributed by atoms with van der Waals surface area (Å²) in [4.78, 5) is 14.3. The highest BCUT2D eigenvalue weighted by molar-refractivity contribution is 5.69. The zero-order chi connectivity index (χ0) is 22.9. The van der Waals surface area contributed by atoms with Gasteiger partial charge in [0, 0.05) is 24.9 Å². The number of hydrogen-bond acceptors (Lipinski definition) is 4. The van der Waals surface area contributed by atoms with Crippen LogP contribution in [-0.2, 0) is 9.53 Å². The Kier molecular flexibility index (Phi) is 6.71. The van der Waals surface area contributed by atoms with Crippen molar-refractivity contribution in [3.05, 3.63) is 35.9 Å². The normalized spacial score (nSPS) is 33.8. The van der Waals surface area contributed by atoms with Crippen molar-refractivity contribution in [1.29, 1.82) is 0 Å². The van der Waals surface area contributed by atoms with Crippen LogP contribution in [0.3, 0.4) is 0 Å². The number of benzene rings is 1. The molecule has 1 unspecified atom stereocenters. The highest BCUT2D eigenvalue weighted by Crippen LogP contribution is 2.70. The zero-order valence-electron chi connectivity index (χ0n) is 20.5. The molecule has 4 heteroatoms. The Morgan fingerprint density at radius 3 is 2.75 bits per heavy atom. The standard InChI is InChI=1S/C28H40N2O2/c1-6-32-24(31)16-12-8-11-15-23(21-13-9-7-10-14-21)30-19-29-20(2)25-26(30)22-17-18-28(25,5)27(22,3)4/h7,9-10,13-14,20,22-23,25-26,29H,6,8,12,16-19H2,1-5H3/t20?,22-,23-,25-,26-,28+/m1/s1. The lowest BCUT2D eigenvalue weighted by Gasteiger charge is -2.52. The van der Waals surface area contributed by atoms with Crippen LogP contribution < -0.4 is 5.32 Å². The minimum Gasteiger partial charge on any atom is -0.466 e. The molecule has 6 atom stereocenters. The van der Waals surface area contributed by atoms with Gasteiger partial charge in [-0.05, 0) is 61.3 Å². The van der Waals surface area contributed by atoms with Crippen molar-refractivity contribution in [2.45, 2.75) is 84.8 Å². The van der Waals surface area contributed by atoms with Gasteiger partial charge in [-0.2, -0.15) is 0 Å². The molecule has 0 aromatic heterocycles. The number of carbonyl (C=O) groups is 1. The van der Waals surface area contributed by atoms with E-state index in [1.807, 2.05) is 6.92 Å². The molecular weight excluding hydrogens is 396 g/mol. The number of unbranched alkanes of at least 4 members (excludes halogenated alkanes) is 1.